The average Bonchev–Trinajstić information content (AvgIpc) is 1.43. The Labute approximate surface area is 677 Å². The summed E-state index contributed by atoms with van der Waals surface area (Å²) < 4.78 is 147. The van der Waals surface area contributed by atoms with Crippen LogP contribution >= 0.6 is 23.5 Å². The predicted octanol–water partition coefficient (Wildman–Crippen LogP) is -3.90. The first-order valence-corrected chi connectivity index (χ1v) is 43.8. The van der Waals surface area contributed by atoms with Gasteiger partial charge < -0.3 is 154 Å². The molecule has 46 nitrogen and oxygen atoms in total. The Balaban J connectivity index is 0.977. The fraction of sp³-hybridized carbons (Fsp3) is 0.912. The fourth-order valence-electron chi connectivity index (χ4n) is 13.2. The van der Waals surface area contributed by atoms with Crippen LogP contribution in [0.15, 0.2) is 0 Å². The molecular formula is C68H123N6O40P3. The van der Waals surface area contributed by atoms with E-state index in [4.69, 9.17) is 88.7 Å². The van der Waals surface area contributed by atoms with Gasteiger partial charge in [-0.25, -0.2) is 13.7 Å². The van der Waals surface area contributed by atoms with Crippen LogP contribution in [0.4, 0.5) is 0 Å². The molecule has 0 aliphatic carbocycles. The van der Waals surface area contributed by atoms with Gasteiger partial charge in [0.15, 0.2) is 37.7 Å². The number of phosphoric acid groups is 3. The lowest BCUT2D eigenvalue weighted by Crippen LogP contribution is -2.64. The molecule has 117 heavy (non-hydrogen) atoms. The Morgan fingerprint density at radius 1 is 0.376 bits per heavy atom. The first kappa shape index (κ1) is 102. The summed E-state index contributed by atoms with van der Waals surface area (Å²) in [5.41, 5.74) is 0. The van der Waals surface area contributed by atoms with E-state index in [0.29, 0.717) is 77.0 Å². The minimum Gasteiger partial charge on any atom is -0.394 e. The van der Waals surface area contributed by atoms with Crippen LogP contribution in [0, 0.1) is 5.92 Å². The highest BCUT2D eigenvalue weighted by atomic mass is 31.2. The Hall–Kier alpha value is -3.73. The zero-order valence-corrected chi connectivity index (χ0v) is 69.0. The molecule has 0 radical (unpaired) electrons. The van der Waals surface area contributed by atoms with Gasteiger partial charge in [0.1, 0.15) is 111 Å². The Morgan fingerprint density at radius 2 is 0.692 bits per heavy atom. The van der Waals surface area contributed by atoms with Crippen molar-refractivity contribution < 1.29 is 192 Å². The largest absolute Gasteiger partial charge is 0.472 e. The van der Waals surface area contributed by atoms with Crippen LogP contribution in [-0.4, -0.2) is 356 Å². The molecule has 0 spiro atoms. The maximum absolute atomic E-state index is 14.0. The summed E-state index contributed by atoms with van der Waals surface area (Å²) in [6.07, 6.45) is -19.9. The van der Waals surface area contributed by atoms with Crippen LogP contribution in [0.1, 0.15) is 131 Å². The third kappa shape index (κ3) is 36.2. The van der Waals surface area contributed by atoms with E-state index in [2.05, 4.69) is 31.9 Å². The van der Waals surface area contributed by atoms with Crippen molar-refractivity contribution >= 4 is 58.9 Å². The highest BCUT2D eigenvalue weighted by Crippen LogP contribution is 2.52. The monoisotopic (exact) mass is 1760 g/mol. The number of aliphatic hydroxyl groups is 9. The molecular weight excluding hydrogens is 1630 g/mol. The van der Waals surface area contributed by atoms with E-state index < -0.39 is 266 Å². The molecule has 680 valence electrons. The molecule has 0 bridgehead atoms. The normalized spacial score (nSPS) is 32.8. The van der Waals surface area contributed by atoms with Crippen LogP contribution in [-0.2, 0) is 131 Å². The maximum atomic E-state index is 14.0. The van der Waals surface area contributed by atoms with Crippen LogP contribution in [0.25, 0.3) is 0 Å². The summed E-state index contributed by atoms with van der Waals surface area (Å²) >= 11 is 0. The van der Waals surface area contributed by atoms with Crippen molar-refractivity contribution in [2.24, 2.45) is 5.92 Å². The number of hydrogen-bond donors (Lipinski definition) is 18. The van der Waals surface area contributed by atoms with Crippen molar-refractivity contribution in [1.82, 2.24) is 31.9 Å². The van der Waals surface area contributed by atoms with E-state index in [9.17, 15) is 103 Å². The van der Waals surface area contributed by atoms with E-state index >= 15 is 0 Å². The van der Waals surface area contributed by atoms with E-state index in [1.165, 1.54) is 20.8 Å². The minimum atomic E-state index is -5.26. The molecule has 6 amide bonds. The lowest BCUT2D eigenvalue weighted by atomic mass is 9.89. The molecule has 6 rings (SSSR count). The molecule has 27 atom stereocenters. The number of rotatable bonds is 57. The lowest BCUT2D eigenvalue weighted by molar-refractivity contribution is -0.268. The van der Waals surface area contributed by atoms with Gasteiger partial charge >= 0.3 is 23.5 Å². The minimum absolute atomic E-state index is 0.0436. The number of nitrogens with one attached hydrogen (secondary N) is 6. The van der Waals surface area contributed by atoms with Crippen molar-refractivity contribution in [3.63, 3.8) is 0 Å². The molecule has 49 heteroatoms. The number of carbonyl (C=O) groups is 6. The number of ether oxygens (including phenoxy) is 13. The van der Waals surface area contributed by atoms with Crippen LogP contribution < -0.4 is 31.9 Å². The van der Waals surface area contributed by atoms with Gasteiger partial charge in [-0.1, -0.05) is 45.4 Å². The third-order valence-corrected chi connectivity index (χ3v) is 22.4. The van der Waals surface area contributed by atoms with E-state index in [0.717, 1.165) is 0 Å². The van der Waals surface area contributed by atoms with Gasteiger partial charge in [-0.15, -0.1) is 0 Å². The van der Waals surface area contributed by atoms with Crippen LogP contribution in [0.2, 0.25) is 0 Å². The average molecular weight is 1760 g/mol. The molecule has 6 heterocycles. The van der Waals surface area contributed by atoms with Crippen molar-refractivity contribution in [2.45, 2.75) is 272 Å². The van der Waals surface area contributed by atoms with Gasteiger partial charge in [-0.3, -0.25) is 55.9 Å². The number of amides is 6. The zero-order chi connectivity index (χ0) is 85.8. The molecule has 6 aliphatic rings. The highest BCUT2D eigenvalue weighted by Gasteiger charge is 2.51. The van der Waals surface area contributed by atoms with E-state index in [1.54, 1.807) is 13.8 Å². The highest BCUT2D eigenvalue weighted by molar-refractivity contribution is 7.48. The summed E-state index contributed by atoms with van der Waals surface area (Å²) in [7, 11) is -15.2. The second kappa shape index (κ2) is 52.8. The molecule has 0 saturated carbocycles. The second-order valence-corrected chi connectivity index (χ2v) is 32.9. The first-order chi connectivity index (χ1) is 55.7. The van der Waals surface area contributed by atoms with E-state index in [-0.39, 0.29) is 78.5 Å². The van der Waals surface area contributed by atoms with Crippen LogP contribution in [0.3, 0.4) is 0 Å². The van der Waals surface area contributed by atoms with Gasteiger partial charge in [0, 0.05) is 92.0 Å². The van der Waals surface area contributed by atoms with Crippen molar-refractivity contribution in [2.75, 3.05) is 119 Å². The molecule has 0 aromatic heterocycles. The fourth-order valence-corrected chi connectivity index (χ4v) is 16.0. The Kier molecular flexibility index (Phi) is 46.1. The number of phosphoric ester groups is 3. The Morgan fingerprint density at radius 3 is 1.03 bits per heavy atom. The molecule has 0 aromatic carbocycles. The standard InChI is InChI=1S/C68H123N6O40P3/c1-6-96-25-26-103-115(90,91)113-44-28-56(98-23-17-11-8-14-19-69-52(82)36-100-66-58(72-40(3)79)61(85)39(2)46(30-75)109-66)107-50(44)34-105-117(94,95)114-45-29-57(99-24-18-12-9-15-21-71-54(84)38-102-68-60(74-42(5)81)65(89)63(87)49(33-78)111-68)108-51(45)35-104-116(92,93)112-43-27-55(106-47(43)31-76)97-22-16-10-7-13-20-70-53(83)37-101-67-59(73-41(4)80)64(88)62(86)48(32-77)110-67/h39,43-51,55-68,75-78,85-89H,6-38H2,1-5H3,(H,69,82)(H,70,83)(H,71,84)(H,72,79)(H,73,80)(H,74,81)(H,90,91)(H,92,93)(H,94,95)/t39-,43?,44+,45?,46+,47+,48+,49+,50?,51+,55+,56+,57+,58+,59+,60+,61-,62-,63-,64+,65+,66+,67+,68+/m0/s1. The number of unbranched alkanes of at least 4 members (excludes halogenated alkanes) is 9. The third-order valence-electron chi connectivity index (χ3n) is 19.3. The molecule has 6 unspecified atom stereocenters. The van der Waals surface area contributed by atoms with Gasteiger partial charge in [0.2, 0.25) is 35.4 Å². The van der Waals surface area contributed by atoms with Crippen molar-refractivity contribution in [1.29, 1.82) is 0 Å². The molecule has 18 N–H and O–H groups in total. The molecule has 6 saturated heterocycles. The van der Waals surface area contributed by atoms with Gasteiger partial charge in [-0.05, 0) is 45.4 Å². The summed E-state index contributed by atoms with van der Waals surface area (Å²) in [6.45, 7) is 2.19. The first-order valence-electron chi connectivity index (χ1n) is 39.3. The van der Waals surface area contributed by atoms with Crippen molar-refractivity contribution in [3.8, 4) is 0 Å². The summed E-state index contributed by atoms with van der Waals surface area (Å²) in [6, 6.07) is -3.46. The number of aliphatic hydroxyl groups excluding tert-OH is 9. The summed E-state index contributed by atoms with van der Waals surface area (Å²) in [5.74, 6) is -3.74. The smallest absolute Gasteiger partial charge is 0.394 e. The summed E-state index contributed by atoms with van der Waals surface area (Å²) in [5, 5.41) is 107. The SMILES string of the molecule is CCOCCOP(=O)(O)O[C@@H]1C[C@H](OCCCCCCNC(=O)CO[C@@H]2O[C@H](CO)[C@H](C)[C@H](O)[C@H]2NC(C)=O)OC1COP(=O)(O)OC1C[C@H](OCCCCCCNC(=O)CO[C@@H]2O[C@H](CO)[C@H](O)[C@H](O)[C@H]2NC(C)=O)O[C@@H]1COP(=O)(O)OC1C[C@H](OCCCCCCNC(=O)CO[C@@H]2O[C@H](CO)[C@H](O)[C@H](O)[C@H]2NC(C)=O)O[C@@H]1CO. The van der Waals surface area contributed by atoms with E-state index in [1.807, 2.05) is 0 Å². The van der Waals surface area contributed by atoms with Gasteiger partial charge in [0.05, 0.1) is 65.1 Å². The molecule has 0 aromatic rings. The van der Waals surface area contributed by atoms with Crippen molar-refractivity contribution in [3.05, 3.63) is 0 Å². The topological polar surface area (TPSA) is 644 Å². The zero-order valence-electron chi connectivity index (χ0n) is 66.3. The quantitative estimate of drug-likeness (QED) is 0.0204. The number of carbonyl (C=O) groups excluding carboxylic acids is 6. The second-order valence-electron chi connectivity index (χ2n) is 28.7. The maximum Gasteiger partial charge on any atom is 0.472 e. The van der Waals surface area contributed by atoms with Gasteiger partial charge in [0.25, 0.3) is 0 Å². The molecule has 6 fully saturated rings. The molecule has 6 aliphatic heterocycles. The Bertz CT molecular complexity index is 3100. The number of hydrogen-bond acceptors (Lipinski definition) is 37. The predicted molar refractivity (Wildman–Crippen MR) is 395 cm³/mol. The lowest BCUT2D eigenvalue weighted by Gasteiger charge is -2.43. The van der Waals surface area contributed by atoms with Crippen LogP contribution in [0.5, 0.6) is 0 Å². The summed E-state index contributed by atoms with van der Waals surface area (Å²) in [4.78, 5) is 106. The van der Waals surface area contributed by atoms with Gasteiger partial charge in [-0.2, -0.15) is 0 Å².